The number of carbonyl (C=O) groups excluding carboxylic acids is 4. The Labute approximate surface area is 212 Å². The van der Waals surface area contributed by atoms with Crippen LogP contribution in [0.2, 0.25) is 0 Å². The van der Waals surface area contributed by atoms with Crippen LogP contribution in [-0.2, 0) is 14.4 Å². The predicted molar refractivity (Wildman–Crippen MR) is 136 cm³/mol. The molecule has 0 aromatic heterocycles. The minimum Gasteiger partial charge on any atom is -0.507 e. The molecule has 9 heteroatoms. The van der Waals surface area contributed by atoms with Crippen molar-refractivity contribution in [1.82, 2.24) is 4.90 Å². The van der Waals surface area contributed by atoms with Gasteiger partial charge in [0.15, 0.2) is 0 Å². The fourth-order valence-corrected chi connectivity index (χ4v) is 4.87. The number of aliphatic hydroxyl groups excluding tert-OH is 2. The predicted octanol–water partition coefficient (Wildman–Crippen LogP) is 3.04. The molecule has 186 valence electrons. The Hall–Kier alpha value is -4.76. The maximum absolute atomic E-state index is 14.4. The van der Waals surface area contributed by atoms with Crippen molar-refractivity contribution in [1.29, 1.82) is 0 Å². The van der Waals surface area contributed by atoms with Crippen LogP contribution in [0.25, 0.3) is 5.76 Å². The van der Waals surface area contributed by atoms with Gasteiger partial charge in [0.1, 0.15) is 11.3 Å². The molecule has 5 rings (SSSR count). The summed E-state index contributed by atoms with van der Waals surface area (Å²) < 4.78 is 0. The number of hydrogen-bond donors (Lipinski definition) is 2. The molecule has 9 nitrogen and oxygen atoms in total. The van der Waals surface area contributed by atoms with Crippen LogP contribution in [0.15, 0.2) is 90.5 Å². The van der Waals surface area contributed by atoms with E-state index in [1.165, 1.54) is 0 Å². The third-order valence-electron chi connectivity index (χ3n) is 6.53. The molecule has 0 aliphatic carbocycles. The first kappa shape index (κ1) is 24.0. The third kappa shape index (κ3) is 3.43. The SMILES string of the molecule is Cc1ccc(/C(O)=C2\C(=O)C(=O)N(CCO)C23C(=O)N(c2ccccc2)C(=O)N3c2ccccc2)cc1. The second kappa shape index (κ2) is 9.03. The normalized spacial score (nSPS) is 21.0. The van der Waals surface area contributed by atoms with Crippen molar-refractivity contribution in [3.8, 4) is 0 Å². The van der Waals surface area contributed by atoms with Gasteiger partial charge in [-0.05, 0) is 31.2 Å². The van der Waals surface area contributed by atoms with E-state index < -0.39 is 53.8 Å². The Morgan fingerprint density at radius 1 is 0.811 bits per heavy atom. The number of para-hydroxylation sites is 2. The van der Waals surface area contributed by atoms with Crippen molar-refractivity contribution >= 4 is 40.8 Å². The first-order chi connectivity index (χ1) is 17.8. The number of aryl methyl sites for hydroxylation is 1. The van der Waals surface area contributed by atoms with Gasteiger partial charge >= 0.3 is 6.03 Å². The zero-order valence-corrected chi connectivity index (χ0v) is 19.9. The van der Waals surface area contributed by atoms with Crippen LogP contribution < -0.4 is 9.80 Å². The first-order valence-corrected chi connectivity index (χ1v) is 11.6. The van der Waals surface area contributed by atoms with E-state index in [9.17, 15) is 29.4 Å². The van der Waals surface area contributed by atoms with Gasteiger partial charge in [-0.2, -0.15) is 0 Å². The summed E-state index contributed by atoms with van der Waals surface area (Å²) in [5, 5.41) is 21.3. The summed E-state index contributed by atoms with van der Waals surface area (Å²) in [4.78, 5) is 58.0. The molecule has 2 aliphatic heterocycles. The molecule has 2 saturated heterocycles. The van der Waals surface area contributed by atoms with Gasteiger partial charge in [0.05, 0.1) is 12.3 Å². The van der Waals surface area contributed by atoms with Crippen LogP contribution in [0.3, 0.4) is 0 Å². The molecule has 1 atom stereocenters. The van der Waals surface area contributed by atoms with Crippen LogP contribution >= 0.6 is 0 Å². The lowest BCUT2D eigenvalue weighted by molar-refractivity contribution is -0.143. The number of anilines is 2. The Balaban J connectivity index is 1.87. The summed E-state index contributed by atoms with van der Waals surface area (Å²) in [6.07, 6.45) is 0. The monoisotopic (exact) mass is 497 g/mol. The minimum absolute atomic E-state index is 0.193. The van der Waals surface area contributed by atoms with Gasteiger partial charge in [-0.15, -0.1) is 0 Å². The lowest BCUT2D eigenvalue weighted by atomic mass is 9.92. The van der Waals surface area contributed by atoms with Gasteiger partial charge in [0.2, 0.25) is 5.66 Å². The molecule has 1 spiro atoms. The molecule has 2 N–H and O–H groups in total. The number of amides is 4. The maximum Gasteiger partial charge on any atom is 0.338 e. The van der Waals surface area contributed by atoms with Gasteiger partial charge in [-0.3, -0.25) is 24.2 Å². The Morgan fingerprint density at radius 2 is 1.38 bits per heavy atom. The Bertz CT molecular complexity index is 1440. The number of likely N-dealkylation sites (tertiary alicyclic amines) is 1. The number of β-amino-alcohol motifs (C(OH)–C–C–N with tert-alkyl or cyclic N) is 1. The summed E-state index contributed by atoms with van der Waals surface area (Å²) in [7, 11) is 0. The number of Topliss-reactive ketones (excluding diaryl/α,β-unsaturated/α-hetero) is 1. The van der Waals surface area contributed by atoms with Gasteiger partial charge < -0.3 is 10.2 Å². The molecule has 2 fully saturated rings. The number of urea groups is 1. The van der Waals surface area contributed by atoms with E-state index in [1.54, 1.807) is 84.9 Å². The van der Waals surface area contributed by atoms with Gasteiger partial charge in [0, 0.05) is 17.8 Å². The number of carbonyl (C=O) groups is 4. The molecule has 3 aromatic carbocycles. The molecule has 4 amide bonds. The molecular weight excluding hydrogens is 474 g/mol. The number of aliphatic hydroxyl groups is 2. The van der Waals surface area contributed by atoms with Crippen LogP contribution in [-0.4, -0.2) is 57.6 Å². The van der Waals surface area contributed by atoms with E-state index in [0.29, 0.717) is 0 Å². The van der Waals surface area contributed by atoms with E-state index in [-0.39, 0.29) is 16.9 Å². The largest absolute Gasteiger partial charge is 0.507 e. The number of rotatable bonds is 5. The molecular formula is C28H23N3O6. The molecule has 3 aromatic rings. The zero-order chi connectivity index (χ0) is 26.3. The summed E-state index contributed by atoms with van der Waals surface area (Å²) in [5.41, 5.74) is -1.38. The van der Waals surface area contributed by atoms with Crippen molar-refractivity contribution in [2.75, 3.05) is 23.0 Å². The molecule has 37 heavy (non-hydrogen) atoms. The number of imide groups is 1. The molecule has 0 radical (unpaired) electrons. The number of nitrogens with zero attached hydrogens (tertiary/aromatic N) is 3. The van der Waals surface area contributed by atoms with Crippen molar-refractivity contribution < 1.29 is 29.4 Å². The van der Waals surface area contributed by atoms with Crippen molar-refractivity contribution in [3.05, 3.63) is 102 Å². The summed E-state index contributed by atoms with van der Waals surface area (Å²) in [6, 6.07) is 21.9. The minimum atomic E-state index is -2.36. The topological polar surface area (TPSA) is 118 Å². The molecule has 2 heterocycles. The highest BCUT2D eigenvalue weighted by atomic mass is 16.3. The highest BCUT2D eigenvalue weighted by molar-refractivity contribution is 6.52. The van der Waals surface area contributed by atoms with E-state index in [1.807, 2.05) is 6.92 Å². The zero-order valence-electron chi connectivity index (χ0n) is 19.9. The second-order valence-corrected chi connectivity index (χ2v) is 8.70. The van der Waals surface area contributed by atoms with Crippen LogP contribution in [0.1, 0.15) is 11.1 Å². The van der Waals surface area contributed by atoms with Crippen LogP contribution in [0, 0.1) is 6.92 Å². The molecule has 1 unspecified atom stereocenters. The van der Waals surface area contributed by atoms with Gasteiger partial charge in [-0.25, -0.2) is 9.69 Å². The maximum atomic E-state index is 14.4. The lowest BCUT2D eigenvalue weighted by Gasteiger charge is -2.38. The quantitative estimate of drug-likeness (QED) is 0.242. The smallest absolute Gasteiger partial charge is 0.338 e. The molecule has 0 saturated carbocycles. The van der Waals surface area contributed by atoms with E-state index in [0.717, 1.165) is 20.3 Å². The fourth-order valence-electron chi connectivity index (χ4n) is 4.87. The number of hydrogen-bond acceptors (Lipinski definition) is 6. The Morgan fingerprint density at radius 3 is 1.95 bits per heavy atom. The standard InChI is InChI=1S/C28H23N3O6/c1-18-12-14-19(15-13-18)23(33)22-24(34)25(35)29(16-17-32)28(22)26(36)30(20-8-4-2-5-9-20)27(37)31(28)21-10-6-3-7-11-21/h2-15,32-33H,16-17H2,1H3/b23-22-. The summed E-state index contributed by atoms with van der Waals surface area (Å²) in [6.45, 7) is 0.825. The highest BCUT2D eigenvalue weighted by Crippen LogP contribution is 2.48. The summed E-state index contributed by atoms with van der Waals surface area (Å²) in [5.74, 6) is -3.77. The molecule has 2 aliphatic rings. The molecule has 0 bridgehead atoms. The van der Waals surface area contributed by atoms with Gasteiger partial charge in [-0.1, -0.05) is 66.2 Å². The fraction of sp³-hybridized carbons (Fsp3) is 0.143. The Kier molecular flexibility index (Phi) is 5.85. The lowest BCUT2D eigenvalue weighted by Crippen LogP contribution is -2.62. The van der Waals surface area contributed by atoms with Crippen molar-refractivity contribution in [2.45, 2.75) is 12.6 Å². The summed E-state index contributed by atoms with van der Waals surface area (Å²) >= 11 is 0. The number of ketones is 1. The van der Waals surface area contributed by atoms with E-state index in [2.05, 4.69) is 0 Å². The third-order valence-corrected chi connectivity index (χ3v) is 6.53. The van der Waals surface area contributed by atoms with E-state index >= 15 is 0 Å². The van der Waals surface area contributed by atoms with Crippen LogP contribution in [0.5, 0.6) is 0 Å². The second-order valence-electron chi connectivity index (χ2n) is 8.70. The average molecular weight is 498 g/mol. The van der Waals surface area contributed by atoms with Crippen molar-refractivity contribution in [3.63, 3.8) is 0 Å². The van der Waals surface area contributed by atoms with Gasteiger partial charge in [0.25, 0.3) is 17.6 Å². The van der Waals surface area contributed by atoms with E-state index in [4.69, 9.17) is 0 Å². The van der Waals surface area contributed by atoms with Crippen molar-refractivity contribution in [2.24, 2.45) is 0 Å². The first-order valence-electron chi connectivity index (χ1n) is 11.6. The number of benzene rings is 3. The average Bonchev–Trinajstić information content (AvgIpc) is 3.27. The highest BCUT2D eigenvalue weighted by Gasteiger charge is 2.72. The van der Waals surface area contributed by atoms with Crippen LogP contribution in [0.4, 0.5) is 16.2 Å².